The maximum absolute atomic E-state index is 5.28. The number of ether oxygens (including phenoxy) is 1. The third-order valence-electron chi connectivity index (χ3n) is 5.41. The van der Waals surface area contributed by atoms with Gasteiger partial charge < -0.3 is 14.2 Å². The molecule has 4 rings (SSSR count). The lowest BCUT2D eigenvalue weighted by Crippen LogP contribution is -2.27. The molecule has 3 heteroatoms. The molecule has 2 heterocycles. The first-order chi connectivity index (χ1) is 12.6. The molecule has 3 nitrogen and oxygen atoms in total. The van der Waals surface area contributed by atoms with Crippen LogP contribution in [0.4, 0.5) is 0 Å². The minimum atomic E-state index is 0.891. The highest BCUT2D eigenvalue weighted by Gasteiger charge is 2.21. The van der Waals surface area contributed by atoms with Crippen molar-refractivity contribution in [1.29, 1.82) is 0 Å². The van der Waals surface area contributed by atoms with Crippen molar-refractivity contribution in [2.24, 2.45) is 0 Å². The predicted molar refractivity (Wildman–Crippen MR) is 110 cm³/mol. The Labute approximate surface area is 155 Å². The van der Waals surface area contributed by atoms with Gasteiger partial charge in [0.05, 0.1) is 12.6 Å². The largest absolute Gasteiger partial charge is 0.497 e. The second kappa shape index (κ2) is 6.65. The summed E-state index contributed by atoms with van der Waals surface area (Å²) in [5, 5.41) is 1.41. The van der Waals surface area contributed by atoms with Crippen molar-refractivity contribution in [3.8, 4) is 5.75 Å². The lowest BCUT2D eigenvalue weighted by Gasteiger charge is -2.24. The van der Waals surface area contributed by atoms with Crippen LogP contribution in [-0.2, 0) is 13.0 Å². The van der Waals surface area contributed by atoms with E-state index in [2.05, 4.69) is 66.9 Å². The van der Waals surface area contributed by atoms with Gasteiger partial charge in [-0.1, -0.05) is 23.8 Å². The average molecular weight is 346 g/mol. The molecule has 134 valence electrons. The molecular weight excluding hydrogens is 320 g/mol. The van der Waals surface area contributed by atoms with E-state index < -0.39 is 0 Å². The molecule has 1 aromatic heterocycles. The second-order valence-electron chi connectivity index (χ2n) is 7.34. The Morgan fingerprint density at radius 1 is 1.12 bits per heavy atom. The van der Waals surface area contributed by atoms with Gasteiger partial charge in [-0.25, -0.2) is 0 Å². The summed E-state index contributed by atoms with van der Waals surface area (Å²) in [5.41, 5.74) is 8.04. The molecule has 0 saturated heterocycles. The molecule has 0 spiro atoms. The van der Waals surface area contributed by atoms with Crippen LogP contribution < -0.4 is 4.74 Å². The molecule has 0 unspecified atom stereocenters. The summed E-state index contributed by atoms with van der Waals surface area (Å²) in [7, 11) is 3.91. The van der Waals surface area contributed by atoms with Crippen LogP contribution in [0.1, 0.15) is 29.3 Å². The van der Waals surface area contributed by atoms with E-state index in [1.807, 2.05) is 12.1 Å². The number of benzene rings is 2. The Morgan fingerprint density at radius 3 is 2.62 bits per heavy atom. The van der Waals surface area contributed by atoms with E-state index >= 15 is 0 Å². The first kappa shape index (κ1) is 16.9. The smallest absolute Gasteiger partial charge is 0.118 e. The Bertz CT molecular complexity index is 980. The fourth-order valence-corrected chi connectivity index (χ4v) is 3.91. The molecule has 26 heavy (non-hydrogen) atoms. The van der Waals surface area contributed by atoms with Crippen molar-refractivity contribution in [2.45, 2.75) is 26.8 Å². The van der Waals surface area contributed by atoms with Crippen LogP contribution in [0.3, 0.4) is 0 Å². The molecule has 2 aromatic carbocycles. The van der Waals surface area contributed by atoms with Gasteiger partial charge in [-0.05, 0) is 68.3 Å². The van der Waals surface area contributed by atoms with Crippen molar-refractivity contribution in [1.82, 2.24) is 9.47 Å². The molecule has 0 saturated carbocycles. The number of rotatable bonds is 3. The number of methoxy groups -OCH3 is 1. The summed E-state index contributed by atoms with van der Waals surface area (Å²) >= 11 is 0. The summed E-state index contributed by atoms with van der Waals surface area (Å²) < 4.78 is 7.68. The summed E-state index contributed by atoms with van der Waals surface area (Å²) in [4.78, 5) is 2.40. The minimum absolute atomic E-state index is 0.891. The van der Waals surface area contributed by atoms with Gasteiger partial charge in [0.2, 0.25) is 0 Å². The van der Waals surface area contributed by atoms with E-state index in [1.165, 1.54) is 38.9 Å². The number of aromatic nitrogens is 1. The minimum Gasteiger partial charge on any atom is -0.497 e. The van der Waals surface area contributed by atoms with Crippen LogP contribution in [0.25, 0.3) is 22.7 Å². The quantitative estimate of drug-likeness (QED) is 0.666. The molecule has 0 bridgehead atoms. The standard InChI is InChI=1S/C23H26N2O/c1-16-5-10-22-21(13-16)20-11-12-24(3)15-23(20)25(22)14-17(2)18-6-8-19(26-4)9-7-18/h5-10,13-14H,11-12,15H2,1-4H3. The SMILES string of the molecule is COc1ccc(C(C)=Cn2c3c(c4cc(C)ccc42)CCN(C)C3)cc1. The molecule has 1 aliphatic heterocycles. The first-order valence-electron chi connectivity index (χ1n) is 9.20. The Morgan fingerprint density at radius 2 is 1.88 bits per heavy atom. The highest BCUT2D eigenvalue weighted by atomic mass is 16.5. The zero-order valence-corrected chi connectivity index (χ0v) is 16.0. The summed E-state index contributed by atoms with van der Waals surface area (Å²) in [5.74, 6) is 0.891. The average Bonchev–Trinajstić information content (AvgIpc) is 2.94. The van der Waals surface area contributed by atoms with Crippen LogP contribution >= 0.6 is 0 Å². The van der Waals surface area contributed by atoms with Crippen molar-refractivity contribution in [3.63, 3.8) is 0 Å². The number of nitrogens with zero attached hydrogens (tertiary/aromatic N) is 2. The van der Waals surface area contributed by atoms with Gasteiger partial charge in [0, 0.05) is 30.4 Å². The number of aryl methyl sites for hydroxylation is 1. The van der Waals surface area contributed by atoms with Gasteiger partial charge in [0.15, 0.2) is 0 Å². The fourth-order valence-electron chi connectivity index (χ4n) is 3.91. The molecule has 0 radical (unpaired) electrons. The topological polar surface area (TPSA) is 17.4 Å². The van der Waals surface area contributed by atoms with Gasteiger partial charge in [-0.15, -0.1) is 0 Å². The summed E-state index contributed by atoms with van der Waals surface area (Å²) in [6.07, 6.45) is 3.41. The molecule has 0 aliphatic carbocycles. The zero-order valence-electron chi connectivity index (χ0n) is 16.0. The molecule has 3 aromatic rings. The number of hydrogen-bond acceptors (Lipinski definition) is 2. The van der Waals surface area contributed by atoms with Crippen LogP contribution in [-0.4, -0.2) is 30.2 Å². The molecule has 0 fully saturated rings. The maximum atomic E-state index is 5.28. The highest BCUT2D eigenvalue weighted by Crippen LogP contribution is 2.32. The third-order valence-corrected chi connectivity index (χ3v) is 5.41. The zero-order chi connectivity index (χ0) is 18.3. The second-order valence-corrected chi connectivity index (χ2v) is 7.34. The van der Waals surface area contributed by atoms with Gasteiger partial charge >= 0.3 is 0 Å². The van der Waals surface area contributed by atoms with E-state index in [0.717, 1.165) is 25.3 Å². The molecule has 0 N–H and O–H groups in total. The fraction of sp³-hybridized carbons (Fsp3) is 0.304. The van der Waals surface area contributed by atoms with Crippen LogP contribution in [0, 0.1) is 6.92 Å². The Hall–Kier alpha value is -2.52. The lowest BCUT2D eigenvalue weighted by molar-refractivity contribution is 0.308. The Balaban J connectivity index is 1.86. The molecule has 0 amide bonds. The predicted octanol–water partition coefficient (Wildman–Crippen LogP) is 4.96. The van der Waals surface area contributed by atoms with E-state index in [-0.39, 0.29) is 0 Å². The van der Waals surface area contributed by atoms with Gasteiger partial charge in [0.1, 0.15) is 5.75 Å². The van der Waals surface area contributed by atoms with E-state index in [0.29, 0.717) is 0 Å². The molecule has 0 atom stereocenters. The maximum Gasteiger partial charge on any atom is 0.118 e. The number of fused-ring (bicyclic) bond motifs is 3. The van der Waals surface area contributed by atoms with Crippen LogP contribution in [0.2, 0.25) is 0 Å². The van der Waals surface area contributed by atoms with E-state index in [9.17, 15) is 0 Å². The number of allylic oxidation sites excluding steroid dienone is 1. The van der Waals surface area contributed by atoms with E-state index in [1.54, 1.807) is 7.11 Å². The van der Waals surface area contributed by atoms with Crippen molar-refractivity contribution in [2.75, 3.05) is 20.7 Å². The molecule has 1 aliphatic rings. The molecular formula is C23H26N2O. The normalized spacial score (nSPS) is 15.3. The van der Waals surface area contributed by atoms with Crippen LogP contribution in [0.5, 0.6) is 5.75 Å². The van der Waals surface area contributed by atoms with Crippen LogP contribution in [0.15, 0.2) is 42.5 Å². The lowest BCUT2D eigenvalue weighted by atomic mass is 10.0. The highest BCUT2D eigenvalue weighted by molar-refractivity contribution is 5.90. The Kier molecular flexibility index (Phi) is 4.33. The van der Waals surface area contributed by atoms with Gasteiger partial charge in [0.25, 0.3) is 0 Å². The van der Waals surface area contributed by atoms with Crippen molar-refractivity contribution in [3.05, 3.63) is 64.8 Å². The first-order valence-corrected chi connectivity index (χ1v) is 9.20. The summed E-state index contributed by atoms with van der Waals surface area (Å²) in [6, 6.07) is 15.1. The monoisotopic (exact) mass is 346 g/mol. The van der Waals surface area contributed by atoms with E-state index in [4.69, 9.17) is 4.74 Å². The number of likely N-dealkylation sites (N-methyl/N-ethyl adjacent to an activating group) is 1. The summed E-state index contributed by atoms with van der Waals surface area (Å²) in [6.45, 7) is 6.48. The number of hydrogen-bond donors (Lipinski definition) is 0. The van der Waals surface area contributed by atoms with Crippen molar-refractivity contribution >= 4 is 22.7 Å². The van der Waals surface area contributed by atoms with Crippen molar-refractivity contribution < 1.29 is 4.74 Å². The van der Waals surface area contributed by atoms with Gasteiger partial charge in [-0.3, -0.25) is 0 Å². The third kappa shape index (κ3) is 2.93. The van der Waals surface area contributed by atoms with Gasteiger partial charge in [-0.2, -0.15) is 0 Å².